The summed E-state index contributed by atoms with van der Waals surface area (Å²) in [7, 11) is 0. The van der Waals surface area contributed by atoms with Gasteiger partial charge in [0.15, 0.2) is 0 Å². The van der Waals surface area contributed by atoms with Crippen LogP contribution in [0.3, 0.4) is 0 Å². The summed E-state index contributed by atoms with van der Waals surface area (Å²) in [6, 6.07) is 6.31. The molecule has 19 heavy (non-hydrogen) atoms. The van der Waals surface area contributed by atoms with E-state index in [-0.39, 0.29) is 0 Å². The minimum atomic E-state index is 0.426. The summed E-state index contributed by atoms with van der Waals surface area (Å²) in [4.78, 5) is 0. The highest BCUT2D eigenvalue weighted by Crippen LogP contribution is 2.43. The summed E-state index contributed by atoms with van der Waals surface area (Å²) in [5.74, 6) is 0.979. The van der Waals surface area contributed by atoms with Crippen LogP contribution in [-0.2, 0) is 5.88 Å². The van der Waals surface area contributed by atoms with Crippen LogP contribution >= 0.6 is 23.2 Å². The van der Waals surface area contributed by atoms with E-state index in [0.717, 1.165) is 16.9 Å². The van der Waals surface area contributed by atoms with Crippen LogP contribution in [0.25, 0.3) is 5.69 Å². The van der Waals surface area contributed by atoms with Crippen molar-refractivity contribution in [3.8, 4) is 5.69 Å². The second-order valence-electron chi connectivity index (χ2n) is 5.26. The van der Waals surface area contributed by atoms with Crippen molar-refractivity contribution in [1.29, 1.82) is 0 Å². The molecule has 0 bridgehead atoms. The van der Waals surface area contributed by atoms with Gasteiger partial charge in [-0.05, 0) is 43.9 Å². The summed E-state index contributed by atoms with van der Waals surface area (Å²) in [6.45, 7) is 4.15. The number of hydrogen-bond donors (Lipinski definition) is 0. The normalized spacial score (nSPS) is 14.9. The largest absolute Gasteiger partial charge is 0.221 e. The molecule has 0 N–H and O–H groups in total. The molecule has 2 nitrogen and oxygen atoms in total. The standard InChI is InChI=1S/C15H16Cl2N2/c1-9-3-4-10(2)13(7-9)19-15(17)12(8-16)14(18-19)11-5-6-11/h3-4,7,11H,5-6,8H2,1-2H3. The number of hydrogen-bond acceptors (Lipinski definition) is 1. The molecule has 0 amide bonds. The molecule has 0 spiro atoms. The van der Waals surface area contributed by atoms with E-state index in [9.17, 15) is 0 Å². The number of nitrogens with zero attached hydrogens (tertiary/aromatic N) is 2. The molecule has 2 aromatic rings. The fourth-order valence-electron chi connectivity index (χ4n) is 2.36. The van der Waals surface area contributed by atoms with Crippen LogP contribution in [0.15, 0.2) is 18.2 Å². The molecule has 0 saturated heterocycles. The monoisotopic (exact) mass is 294 g/mol. The number of aryl methyl sites for hydroxylation is 2. The van der Waals surface area contributed by atoms with Gasteiger partial charge < -0.3 is 0 Å². The highest BCUT2D eigenvalue weighted by atomic mass is 35.5. The van der Waals surface area contributed by atoms with Gasteiger partial charge in [-0.15, -0.1) is 11.6 Å². The summed E-state index contributed by atoms with van der Waals surface area (Å²) in [6.07, 6.45) is 2.40. The van der Waals surface area contributed by atoms with E-state index in [0.29, 0.717) is 17.0 Å². The first-order chi connectivity index (χ1) is 9.11. The Morgan fingerprint density at radius 1 is 1.32 bits per heavy atom. The third kappa shape index (κ3) is 2.28. The van der Waals surface area contributed by atoms with Crippen molar-refractivity contribution >= 4 is 23.2 Å². The summed E-state index contributed by atoms with van der Waals surface area (Å²) >= 11 is 12.5. The molecule has 1 aromatic carbocycles. The van der Waals surface area contributed by atoms with Gasteiger partial charge >= 0.3 is 0 Å². The van der Waals surface area contributed by atoms with Crippen molar-refractivity contribution in [3.63, 3.8) is 0 Å². The Balaban J connectivity index is 2.17. The van der Waals surface area contributed by atoms with E-state index in [4.69, 9.17) is 28.3 Å². The van der Waals surface area contributed by atoms with Crippen molar-refractivity contribution < 1.29 is 0 Å². The van der Waals surface area contributed by atoms with Gasteiger partial charge in [-0.1, -0.05) is 23.7 Å². The second kappa shape index (κ2) is 4.84. The summed E-state index contributed by atoms with van der Waals surface area (Å²) < 4.78 is 1.84. The first-order valence-corrected chi connectivity index (χ1v) is 7.44. The van der Waals surface area contributed by atoms with E-state index < -0.39 is 0 Å². The molecular formula is C15H16Cl2N2. The SMILES string of the molecule is Cc1ccc(C)c(-n2nc(C3CC3)c(CCl)c2Cl)c1. The lowest BCUT2D eigenvalue weighted by atomic mass is 10.1. The highest BCUT2D eigenvalue weighted by molar-refractivity contribution is 6.31. The molecular weight excluding hydrogens is 279 g/mol. The fraction of sp³-hybridized carbons (Fsp3) is 0.400. The molecule has 4 heteroatoms. The van der Waals surface area contributed by atoms with Crippen LogP contribution in [-0.4, -0.2) is 9.78 Å². The van der Waals surface area contributed by atoms with Crippen molar-refractivity contribution in [1.82, 2.24) is 9.78 Å². The zero-order valence-corrected chi connectivity index (χ0v) is 12.6. The zero-order valence-electron chi connectivity index (χ0n) is 11.1. The fourth-order valence-corrected chi connectivity index (χ4v) is 2.99. The average molecular weight is 295 g/mol. The van der Waals surface area contributed by atoms with Crippen molar-refractivity contribution in [3.05, 3.63) is 45.7 Å². The number of benzene rings is 1. The molecule has 1 aliphatic rings. The van der Waals surface area contributed by atoms with Gasteiger partial charge in [-0.3, -0.25) is 0 Å². The molecule has 1 fully saturated rings. The van der Waals surface area contributed by atoms with E-state index in [1.54, 1.807) is 0 Å². The number of alkyl halides is 1. The van der Waals surface area contributed by atoms with Crippen molar-refractivity contribution in [2.75, 3.05) is 0 Å². The Morgan fingerprint density at radius 3 is 2.68 bits per heavy atom. The van der Waals surface area contributed by atoms with Crippen molar-refractivity contribution in [2.45, 2.75) is 38.5 Å². The predicted molar refractivity (Wildman–Crippen MR) is 79.6 cm³/mol. The number of halogens is 2. The predicted octanol–water partition coefficient (Wildman–Crippen LogP) is 4.76. The van der Waals surface area contributed by atoms with Crippen LogP contribution in [0.1, 0.15) is 41.1 Å². The van der Waals surface area contributed by atoms with E-state index >= 15 is 0 Å². The van der Waals surface area contributed by atoms with Gasteiger partial charge in [0.25, 0.3) is 0 Å². The van der Waals surface area contributed by atoms with E-state index in [1.165, 1.54) is 24.0 Å². The number of rotatable bonds is 3. The van der Waals surface area contributed by atoms with Crippen LogP contribution in [0.2, 0.25) is 5.15 Å². The summed E-state index contributed by atoms with van der Waals surface area (Å²) in [5.41, 5.74) is 5.49. The van der Waals surface area contributed by atoms with Gasteiger partial charge in [0.2, 0.25) is 0 Å². The molecule has 0 unspecified atom stereocenters. The van der Waals surface area contributed by atoms with Crippen LogP contribution < -0.4 is 0 Å². The Bertz CT molecular complexity index is 627. The molecule has 1 aliphatic carbocycles. The van der Waals surface area contributed by atoms with Crippen molar-refractivity contribution in [2.24, 2.45) is 0 Å². The molecule has 0 atom stereocenters. The third-order valence-corrected chi connectivity index (χ3v) is 4.30. The molecule has 0 radical (unpaired) electrons. The first kappa shape index (κ1) is 13.0. The lowest BCUT2D eigenvalue weighted by molar-refractivity contribution is 0.831. The van der Waals surface area contributed by atoms with Crippen LogP contribution in [0.5, 0.6) is 0 Å². The zero-order chi connectivity index (χ0) is 13.6. The van der Waals surface area contributed by atoms with E-state index in [2.05, 4.69) is 32.0 Å². The summed E-state index contributed by atoms with van der Waals surface area (Å²) in [5, 5.41) is 5.37. The van der Waals surface area contributed by atoms with Gasteiger partial charge in [0.1, 0.15) is 5.15 Å². The molecule has 0 aliphatic heterocycles. The quantitative estimate of drug-likeness (QED) is 0.747. The minimum absolute atomic E-state index is 0.426. The van der Waals surface area contributed by atoms with E-state index in [1.807, 2.05) is 4.68 Å². The van der Waals surface area contributed by atoms with Gasteiger partial charge in [0, 0.05) is 11.5 Å². The maximum atomic E-state index is 6.48. The van der Waals surface area contributed by atoms with Crippen LogP contribution in [0.4, 0.5) is 0 Å². The maximum Gasteiger partial charge on any atom is 0.137 e. The topological polar surface area (TPSA) is 17.8 Å². The lowest BCUT2D eigenvalue weighted by Gasteiger charge is -2.08. The van der Waals surface area contributed by atoms with Gasteiger partial charge in [-0.25, -0.2) is 4.68 Å². The molecule has 3 rings (SSSR count). The van der Waals surface area contributed by atoms with Gasteiger partial charge in [-0.2, -0.15) is 5.10 Å². The third-order valence-electron chi connectivity index (χ3n) is 3.64. The molecule has 1 saturated carbocycles. The molecule has 100 valence electrons. The second-order valence-corrected chi connectivity index (χ2v) is 5.89. The smallest absolute Gasteiger partial charge is 0.137 e. The minimum Gasteiger partial charge on any atom is -0.221 e. The first-order valence-electron chi connectivity index (χ1n) is 6.52. The lowest BCUT2D eigenvalue weighted by Crippen LogP contribution is -2.00. The average Bonchev–Trinajstić information content (AvgIpc) is 3.17. The Hall–Kier alpha value is -0.990. The van der Waals surface area contributed by atoms with Gasteiger partial charge in [0.05, 0.1) is 17.3 Å². The highest BCUT2D eigenvalue weighted by Gasteiger charge is 2.31. The Morgan fingerprint density at radius 2 is 2.05 bits per heavy atom. The molecule has 1 aromatic heterocycles. The maximum absolute atomic E-state index is 6.48. The molecule has 1 heterocycles. The Labute approximate surface area is 123 Å². The number of aromatic nitrogens is 2. The Kier molecular flexibility index (Phi) is 3.32. The van der Waals surface area contributed by atoms with Crippen LogP contribution in [0, 0.1) is 13.8 Å².